The number of nitrogens with zero attached hydrogens (tertiary/aromatic N) is 5. The minimum absolute atomic E-state index is 0.726. The van der Waals surface area contributed by atoms with Crippen molar-refractivity contribution in [1.29, 1.82) is 0 Å². The Bertz CT molecular complexity index is 3190. The molecule has 0 radical (unpaired) electrons. The summed E-state index contributed by atoms with van der Waals surface area (Å²) < 4.78 is 11.1. The van der Waals surface area contributed by atoms with Gasteiger partial charge in [0, 0.05) is 38.9 Å². The van der Waals surface area contributed by atoms with E-state index in [-0.39, 0.29) is 0 Å². The van der Waals surface area contributed by atoms with E-state index < -0.39 is 0 Å². The van der Waals surface area contributed by atoms with Crippen molar-refractivity contribution >= 4 is 54.8 Å². The van der Waals surface area contributed by atoms with Crippen LogP contribution in [0.15, 0.2) is 176 Å². The quantitative estimate of drug-likeness (QED) is 0.170. The van der Waals surface area contributed by atoms with Crippen molar-refractivity contribution in [3.05, 3.63) is 176 Å². The molecule has 0 bridgehead atoms. The van der Waals surface area contributed by atoms with Gasteiger partial charge in [0.15, 0.2) is 0 Å². The van der Waals surface area contributed by atoms with E-state index >= 15 is 0 Å². The fourth-order valence-electron chi connectivity index (χ4n) is 7.86. The topological polar surface area (TPSA) is 56.7 Å². The molecule has 0 saturated carbocycles. The van der Waals surface area contributed by atoms with Crippen LogP contribution in [0, 0.1) is 0 Å². The van der Waals surface area contributed by atoms with Crippen molar-refractivity contribution in [3.8, 4) is 45.1 Å². The van der Waals surface area contributed by atoms with Gasteiger partial charge in [0.25, 0.3) is 0 Å². The average Bonchev–Trinajstić information content (AvgIpc) is 3.89. The number of aromatic nitrogens is 5. The van der Waals surface area contributed by atoms with Crippen molar-refractivity contribution in [3.63, 3.8) is 0 Å². The van der Waals surface area contributed by atoms with Crippen LogP contribution in [-0.4, -0.2) is 23.8 Å². The van der Waals surface area contributed by atoms with Gasteiger partial charge in [-0.25, -0.2) is 15.0 Å². The first-order valence-electron chi connectivity index (χ1n) is 17.7. The van der Waals surface area contributed by atoms with E-state index in [0.29, 0.717) is 0 Å². The summed E-state index contributed by atoms with van der Waals surface area (Å²) in [5.41, 5.74) is 10.3. The van der Waals surface area contributed by atoms with Crippen LogP contribution in [0.5, 0.6) is 11.5 Å². The Labute approximate surface area is 303 Å². The van der Waals surface area contributed by atoms with Crippen LogP contribution in [0.1, 0.15) is 0 Å². The third-order valence-corrected chi connectivity index (χ3v) is 10.3. The first-order chi connectivity index (χ1) is 26.3. The molecule has 0 amide bonds. The second-order valence-corrected chi connectivity index (χ2v) is 13.3. The van der Waals surface area contributed by atoms with Crippen molar-refractivity contribution < 1.29 is 4.74 Å². The third-order valence-electron chi connectivity index (χ3n) is 10.3. The Balaban J connectivity index is 1.09. The van der Waals surface area contributed by atoms with Crippen molar-refractivity contribution in [2.75, 3.05) is 0 Å². The Kier molecular flexibility index (Phi) is 6.45. The molecule has 0 spiro atoms. The van der Waals surface area contributed by atoms with E-state index in [4.69, 9.17) is 19.7 Å². The van der Waals surface area contributed by atoms with E-state index in [9.17, 15) is 0 Å². The van der Waals surface area contributed by atoms with Crippen LogP contribution >= 0.6 is 0 Å². The van der Waals surface area contributed by atoms with Gasteiger partial charge >= 0.3 is 0 Å². The number of pyridine rings is 3. The zero-order valence-corrected chi connectivity index (χ0v) is 28.4. The Morgan fingerprint density at radius 2 is 0.887 bits per heavy atom. The molecule has 6 aromatic carbocycles. The molecule has 0 unspecified atom stereocenters. The molecule has 6 heteroatoms. The first-order valence-corrected chi connectivity index (χ1v) is 17.7. The second-order valence-electron chi connectivity index (χ2n) is 13.3. The Morgan fingerprint density at radius 3 is 1.53 bits per heavy atom. The number of hydrogen-bond acceptors (Lipinski definition) is 4. The summed E-state index contributed by atoms with van der Waals surface area (Å²) in [5, 5.41) is 6.41. The van der Waals surface area contributed by atoms with Crippen molar-refractivity contribution in [2.45, 2.75) is 0 Å². The molecular formula is C47H29N5O. The lowest BCUT2D eigenvalue weighted by molar-refractivity contribution is 0.484. The summed E-state index contributed by atoms with van der Waals surface area (Å²) in [6.07, 6.45) is 5.75. The SMILES string of the molecule is c1ccc(-c2ccc3c4ccc(Oc5ccc6c7cccnc7n7c(-c8ccccc8)cnc7c6c5)cc4c4ncc(-c5ccccc5)n4c3c2)cc1. The van der Waals surface area contributed by atoms with Gasteiger partial charge in [0.05, 0.1) is 29.3 Å². The molecule has 248 valence electrons. The smallest absolute Gasteiger partial charge is 0.146 e. The monoisotopic (exact) mass is 679 g/mol. The van der Waals surface area contributed by atoms with Crippen molar-refractivity contribution in [1.82, 2.24) is 23.8 Å². The summed E-state index contributed by atoms with van der Waals surface area (Å²) in [4.78, 5) is 14.8. The predicted molar refractivity (Wildman–Crippen MR) is 215 cm³/mol. The molecule has 0 fully saturated rings. The van der Waals surface area contributed by atoms with Gasteiger partial charge in [0.1, 0.15) is 28.4 Å². The lowest BCUT2D eigenvalue weighted by Gasteiger charge is -2.14. The van der Waals surface area contributed by atoms with E-state index in [1.54, 1.807) is 0 Å². The molecule has 53 heavy (non-hydrogen) atoms. The number of ether oxygens (including phenoxy) is 1. The van der Waals surface area contributed by atoms with Gasteiger partial charge < -0.3 is 4.74 Å². The zero-order chi connectivity index (χ0) is 34.9. The van der Waals surface area contributed by atoms with Crippen LogP contribution in [0.3, 0.4) is 0 Å². The van der Waals surface area contributed by atoms with Crippen LogP contribution in [0.4, 0.5) is 0 Å². The van der Waals surface area contributed by atoms with E-state index in [1.165, 1.54) is 5.56 Å². The molecule has 0 aliphatic rings. The third kappa shape index (κ3) is 4.63. The highest BCUT2D eigenvalue weighted by Gasteiger charge is 2.18. The standard InChI is InChI=1S/C47H29N5O/c1-4-11-30(12-5-1)33-18-21-38-36-22-19-34(26-40(36)46-49-28-43(51(46)42(38)25-33)31-13-6-2-7-14-31)53-35-20-23-37-39-17-10-24-48-45(39)52-44(32-15-8-3-9-16-32)29-50-47(52)41(37)27-35/h1-29H. The highest BCUT2D eigenvalue weighted by molar-refractivity contribution is 6.14. The summed E-state index contributed by atoms with van der Waals surface area (Å²) in [6, 6.07) is 54.7. The molecule has 0 aliphatic heterocycles. The summed E-state index contributed by atoms with van der Waals surface area (Å²) in [5.74, 6) is 1.46. The molecule has 5 aromatic heterocycles. The number of hydrogen-bond donors (Lipinski definition) is 0. The Hall–Kier alpha value is -7.31. The number of fused-ring (bicyclic) bond motifs is 12. The molecule has 11 rings (SSSR count). The maximum absolute atomic E-state index is 6.69. The van der Waals surface area contributed by atoms with Crippen LogP contribution < -0.4 is 4.74 Å². The van der Waals surface area contributed by atoms with Crippen LogP contribution in [-0.2, 0) is 0 Å². The van der Waals surface area contributed by atoms with E-state index in [2.05, 4.69) is 130 Å². The zero-order valence-electron chi connectivity index (χ0n) is 28.4. The van der Waals surface area contributed by atoms with E-state index in [1.807, 2.05) is 55.0 Å². The van der Waals surface area contributed by atoms with E-state index in [0.717, 1.165) is 94.4 Å². The highest BCUT2D eigenvalue weighted by atomic mass is 16.5. The number of rotatable bonds is 5. The van der Waals surface area contributed by atoms with Gasteiger partial charge in [0.2, 0.25) is 0 Å². The molecule has 6 nitrogen and oxygen atoms in total. The van der Waals surface area contributed by atoms with Gasteiger partial charge in [-0.05, 0) is 76.5 Å². The lowest BCUT2D eigenvalue weighted by atomic mass is 10.00. The summed E-state index contributed by atoms with van der Waals surface area (Å²) >= 11 is 0. The minimum Gasteiger partial charge on any atom is -0.457 e. The molecule has 0 N–H and O–H groups in total. The van der Waals surface area contributed by atoms with Gasteiger partial charge in [-0.3, -0.25) is 8.80 Å². The minimum atomic E-state index is 0.726. The number of imidazole rings is 2. The molecule has 0 aliphatic carbocycles. The molecular weight excluding hydrogens is 651 g/mol. The average molecular weight is 680 g/mol. The van der Waals surface area contributed by atoms with Crippen LogP contribution in [0.2, 0.25) is 0 Å². The largest absolute Gasteiger partial charge is 0.457 e. The van der Waals surface area contributed by atoms with Crippen LogP contribution in [0.25, 0.3) is 88.4 Å². The molecule has 11 aromatic rings. The highest BCUT2D eigenvalue weighted by Crippen LogP contribution is 2.39. The molecule has 0 atom stereocenters. The Morgan fingerprint density at radius 1 is 0.358 bits per heavy atom. The second kappa shape index (κ2) is 11.6. The summed E-state index contributed by atoms with van der Waals surface area (Å²) in [6.45, 7) is 0. The van der Waals surface area contributed by atoms with Gasteiger partial charge in [-0.15, -0.1) is 0 Å². The lowest BCUT2D eigenvalue weighted by Crippen LogP contribution is -1.96. The molecule has 5 heterocycles. The fourth-order valence-corrected chi connectivity index (χ4v) is 7.86. The van der Waals surface area contributed by atoms with Gasteiger partial charge in [-0.1, -0.05) is 103 Å². The first kappa shape index (κ1) is 29.4. The van der Waals surface area contributed by atoms with Crippen molar-refractivity contribution in [2.24, 2.45) is 0 Å². The normalized spacial score (nSPS) is 11.8. The fraction of sp³-hybridized carbons (Fsp3) is 0. The maximum Gasteiger partial charge on any atom is 0.146 e. The summed E-state index contributed by atoms with van der Waals surface area (Å²) in [7, 11) is 0. The maximum atomic E-state index is 6.69. The van der Waals surface area contributed by atoms with Gasteiger partial charge in [-0.2, -0.15) is 0 Å². The predicted octanol–water partition coefficient (Wildman–Crippen LogP) is 11.8. The molecule has 0 saturated heterocycles. The number of benzene rings is 6.